The summed E-state index contributed by atoms with van der Waals surface area (Å²) < 4.78 is 5.21. The molecule has 3 nitrogen and oxygen atoms in total. The molecule has 3 N–H and O–H groups in total. The van der Waals surface area contributed by atoms with Gasteiger partial charge in [0.15, 0.2) is 0 Å². The zero-order valence-electron chi connectivity index (χ0n) is 8.23. The van der Waals surface area contributed by atoms with E-state index in [0.717, 1.165) is 16.8 Å². The lowest BCUT2D eigenvalue weighted by atomic mass is 9.87. The molecule has 1 aliphatic rings. The molecule has 0 unspecified atom stereocenters. The zero-order valence-corrected chi connectivity index (χ0v) is 8.23. The van der Waals surface area contributed by atoms with Gasteiger partial charge in [-0.05, 0) is 17.2 Å². The molecule has 14 heavy (non-hydrogen) atoms. The molecule has 0 saturated carbocycles. The van der Waals surface area contributed by atoms with E-state index >= 15 is 0 Å². The highest BCUT2D eigenvalue weighted by molar-refractivity contribution is 5.52. The van der Waals surface area contributed by atoms with Crippen LogP contribution in [0.3, 0.4) is 0 Å². The van der Waals surface area contributed by atoms with E-state index in [4.69, 9.17) is 10.5 Å². The lowest BCUT2D eigenvalue weighted by molar-refractivity contribution is -0.0160. The van der Waals surface area contributed by atoms with Crippen molar-refractivity contribution in [2.24, 2.45) is 0 Å². The fourth-order valence-electron chi connectivity index (χ4n) is 2.03. The minimum Gasteiger partial charge on any atom is -0.398 e. The van der Waals surface area contributed by atoms with Crippen molar-refractivity contribution in [1.82, 2.24) is 0 Å². The van der Waals surface area contributed by atoms with Crippen molar-refractivity contribution < 1.29 is 9.84 Å². The number of ether oxygens (including phenoxy) is 1. The van der Waals surface area contributed by atoms with Crippen molar-refractivity contribution in [2.45, 2.75) is 25.0 Å². The van der Waals surface area contributed by atoms with Gasteiger partial charge >= 0.3 is 0 Å². The molecule has 0 fully saturated rings. The number of nitrogens with two attached hydrogens (primary N) is 1. The number of hydrogen-bond acceptors (Lipinski definition) is 3. The van der Waals surface area contributed by atoms with Gasteiger partial charge in [-0.25, -0.2) is 0 Å². The molecule has 2 rings (SSSR count). The van der Waals surface area contributed by atoms with Crippen molar-refractivity contribution in [3.8, 4) is 0 Å². The van der Waals surface area contributed by atoms with Crippen molar-refractivity contribution in [1.29, 1.82) is 0 Å². The number of aliphatic hydroxyl groups is 1. The number of benzene rings is 1. The lowest BCUT2D eigenvalue weighted by Crippen LogP contribution is -2.36. The fourth-order valence-corrected chi connectivity index (χ4v) is 2.03. The average Bonchev–Trinajstić information content (AvgIpc) is 2.17. The van der Waals surface area contributed by atoms with Gasteiger partial charge in [-0.1, -0.05) is 12.1 Å². The summed E-state index contributed by atoms with van der Waals surface area (Å²) in [5, 5.41) is 9.74. The Labute approximate surface area is 83.5 Å². The zero-order chi connectivity index (χ0) is 10.1. The van der Waals surface area contributed by atoms with Gasteiger partial charge < -0.3 is 15.6 Å². The maximum absolute atomic E-state index is 9.74. The topological polar surface area (TPSA) is 55.5 Å². The van der Waals surface area contributed by atoms with Gasteiger partial charge in [0, 0.05) is 25.6 Å². The average molecular weight is 193 g/mol. The summed E-state index contributed by atoms with van der Waals surface area (Å²) >= 11 is 0. The molecule has 2 atom stereocenters. The number of fused-ring (bicyclic) bond motifs is 1. The summed E-state index contributed by atoms with van der Waals surface area (Å²) in [5.74, 6) is 0. The fraction of sp³-hybridized carbons (Fsp3) is 0.455. The Morgan fingerprint density at radius 2 is 2.21 bits per heavy atom. The van der Waals surface area contributed by atoms with Crippen LogP contribution in [-0.2, 0) is 17.6 Å². The van der Waals surface area contributed by atoms with E-state index in [1.54, 1.807) is 7.11 Å². The van der Waals surface area contributed by atoms with E-state index < -0.39 is 6.10 Å². The monoisotopic (exact) mass is 193 g/mol. The van der Waals surface area contributed by atoms with Crippen LogP contribution in [0.15, 0.2) is 18.2 Å². The van der Waals surface area contributed by atoms with E-state index in [9.17, 15) is 5.11 Å². The second-order valence-electron chi connectivity index (χ2n) is 3.73. The second-order valence-corrected chi connectivity index (χ2v) is 3.73. The first kappa shape index (κ1) is 9.49. The number of methoxy groups -OCH3 is 1. The SMILES string of the molecule is CO[C@@H]1Cc2c(N)cccc2C[C@H]1O. The third kappa shape index (κ3) is 1.49. The number of nitrogen functional groups attached to an aromatic ring is 1. The van der Waals surface area contributed by atoms with E-state index in [1.807, 2.05) is 18.2 Å². The Bertz CT molecular complexity index is 338. The molecule has 1 aromatic carbocycles. The minimum absolute atomic E-state index is 0.118. The molecule has 1 aliphatic carbocycles. The van der Waals surface area contributed by atoms with Crippen molar-refractivity contribution >= 4 is 5.69 Å². The van der Waals surface area contributed by atoms with Crippen molar-refractivity contribution in [3.63, 3.8) is 0 Å². The first-order valence-electron chi connectivity index (χ1n) is 4.79. The number of aliphatic hydroxyl groups excluding tert-OH is 1. The van der Waals surface area contributed by atoms with Crippen LogP contribution in [0.1, 0.15) is 11.1 Å². The minimum atomic E-state index is -0.408. The molecule has 0 aromatic heterocycles. The molecule has 0 bridgehead atoms. The van der Waals surface area contributed by atoms with Gasteiger partial charge in [0.1, 0.15) is 0 Å². The summed E-state index contributed by atoms with van der Waals surface area (Å²) in [5.41, 5.74) is 8.94. The Hall–Kier alpha value is -1.06. The summed E-state index contributed by atoms with van der Waals surface area (Å²) in [6, 6.07) is 5.83. The van der Waals surface area contributed by atoms with E-state index in [2.05, 4.69) is 0 Å². The largest absolute Gasteiger partial charge is 0.398 e. The Morgan fingerprint density at radius 1 is 1.43 bits per heavy atom. The highest BCUT2D eigenvalue weighted by atomic mass is 16.5. The Kier molecular flexibility index (Phi) is 2.44. The summed E-state index contributed by atoms with van der Waals surface area (Å²) in [6.45, 7) is 0. The molecule has 76 valence electrons. The van der Waals surface area contributed by atoms with Gasteiger partial charge in [0.05, 0.1) is 12.2 Å². The van der Waals surface area contributed by atoms with Crippen LogP contribution in [0.4, 0.5) is 5.69 Å². The molecule has 3 heteroatoms. The normalized spacial score (nSPS) is 25.9. The molecule has 0 aliphatic heterocycles. The highest BCUT2D eigenvalue weighted by Gasteiger charge is 2.27. The standard InChI is InChI=1S/C11H15NO2/c1-14-11-6-8-7(5-10(11)13)3-2-4-9(8)12/h2-4,10-11,13H,5-6,12H2,1H3/t10-,11-/m1/s1. The van der Waals surface area contributed by atoms with Crippen molar-refractivity contribution in [3.05, 3.63) is 29.3 Å². The van der Waals surface area contributed by atoms with Crippen LogP contribution in [0, 0.1) is 0 Å². The predicted octanol–water partition coefficient (Wildman–Crippen LogP) is 0.743. The molecular weight excluding hydrogens is 178 g/mol. The van der Waals surface area contributed by atoms with Gasteiger partial charge in [0.2, 0.25) is 0 Å². The van der Waals surface area contributed by atoms with E-state index in [0.29, 0.717) is 12.8 Å². The van der Waals surface area contributed by atoms with E-state index in [-0.39, 0.29) is 6.10 Å². The molecule has 0 radical (unpaired) electrons. The first-order valence-corrected chi connectivity index (χ1v) is 4.79. The van der Waals surface area contributed by atoms with Gasteiger partial charge in [-0.2, -0.15) is 0 Å². The molecule has 0 saturated heterocycles. The second kappa shape index (κ2) is 3.59. The van der Waals surface area contributed by atoms with E-state index in [1.165, 1.54) is 0 Å². The Balaban J connectivity index is 2.36. The van der Waals surface area contributed by atoms with Crippen LogP contribution in [0.25, 0.3) is 0 Å². The maximum Gasteiger partial charge on any atom is 0.0874 e. The van der Waals surface area contributed by atoms with Gasteiger partial charge in [-0.3, -0.25) is 0 Å². The predicted molar refractivity (Wildman–Crippen MR) is 55.1 cm³/mol. The van der Waals surface area contributed by atoms with Crippen LogP contribution in [0.2, 0.25) is 0 Å². The van der Waals surface area contributed by atoms with Crippen LogP contribution in [0.5, 0.6) is 0 Å². The third-order valence-corrected chi connectivity index (χ3v) is 2.88. The number of anilines is 1. The molecular formula is C11H15NO2. The summed E-state index contributed by atoms with van der Waals surface area (Å²) in [4.78, 5) is 0. The van der Waals surface area contributed by atoms with Crippen LogP contribution < -0.4 is 5.73 Å². The summed E-state index contributed by atoms with van der Waals surface area (Å²) in [6.07, 6.45) is 0.819. The number of rotatable bonds is 1. The van der Waals surface area contributed by atoms with Crippen LogP contribution >= 0.6 is 0 Å². The molecule has 0 amide bonds. The highest BCUT2D eigenvalue weighted by Crippen LogP contribution is 2.27. The Morgan fingerprint density at radius 3 is 2.93 bits per heavy atom. The van der Waals surface area contributed by atoms with Crippen LogP contribution in [-0.4, -0.2) is 24.4 Å². The lowest BCUT2D eigenvalue weighted by Gasteiger charge is -2.29. The quantitative estimate of drug-likeness (QED) is 0.647. The molecule has 0 heterocycles. The maximum atomic E-state index is 9.74. The molecule has 1 aromatic rings. The van der Waals surface area contributed by atoms with Gasteiger partial charge in [0.25, 0.3) is 0 Å². The number of hydrogen-bond donors (Lipinski definition) is 2. The summed E-state index contributed by atoms with van der Waals surface area (Å²) in [7, 11) is 1.62. The van der Waals surface area contributed by atoms with Crippen molar-refractivity contribution in [2.75, 3.05) is 12.8 Å². The third-order valence-electron chi connectivity index (χ3n) is 2.88. The first-order chi connectivity index (χ1) is 6.72. The molecule has 0 spiro atoms. The van der Waals surface area contributed by atoms with Gasteiger partial charge in [-0.15, -0.1) is 0 Å². The smallest absolute Gasteiger partial charge is 0.0874 e.